The summed E-state index contributed by atoms with van der Waals surface area (Å²) in [4.78, 5) is 11.1. The van der Waals surface area contributed by atoms with E-state index in [2.05, 4.69) is 5.10 Å². The molecule has 94 valence electrons. The Labute approximate surface area is 105 Å². The largest absolute Gasteiger partial charge is 0.478 e. The van der Waals surface area contributed by atoms with Crippen molar-refractivity contribution in [1.82, 2.24) is 9.78 Å². The summed E-state index contributed by atoms with van der Waals surface area (Å²) in [6, 6.07) is 5.05. The van der Waals surface area contributed by atoms with Gasteiger partial charge in [0.2, 0.25) is 0 Å². The second kappa shape index (κ2) is 4.91. The Bertz CT molecular complexity index is 575. The van der Waals surface area contributed by atoms with Crippen LogP contribution in [-0.4, -0.2) is 20.9 Å². The summed E-state index contributed by atoms with van der Waals surface area (Å²) in [6.07, 6.45) is 3.29. The molecule has 5 heteroatoms. The van der Waals surface area contributed by atoms with Crippen molar-refractivity contribution >= 4 is 5.97 Å². The summed E-state index contributed by atoms with van der Waals surface area (Å²) in [5.41, 5.74) is 1.03. The van der Waals surface area contributed by atoms with Crippen molar-refractivity contribution in [3.8, 4) is 11.5 Å². The maximum absolute atomic E-state index is 11.1. The summed E-state index contributed by atoms with van der Waals surface area (Å²) < 4.78 is 7.26. The van der Waals surface area contributed by atoms with Crippen LogP contribution >= 0.6 is 0 Å². The lowest BCUT2D eigenvalue weighted by molar-refractivity contribution is 0.0694. The predicted molar refractivity (Wildman–Crippen MR) is 66.1 cm³/mol. The minimum atomic E-state index is -1.00. The third kappa shape index (κ3) is 2.51. The zero-order valence-corrected chi connectivity index (χ0v) is 10.3. The van der Waals surface area contributed by atoms with Gasteiger partial charge in [0.15, 0.2) is 5.75 Å². The predicted octanol–water partition coefficient (Wildman–Crippen LogP) is 2.70. The van der Waals surface area contributed by atoms with Crippen molar-refractivity contribution < 1.29 is 14.6 Å². The SMILES string of the molecule is CCn1cc(Oc2ccc(C)cc2C(=O)O)cn1. The van der Waals surface area contributed by atoms with E-state index in [1.165, 1.54) is 0 Å². The molecule has 1 aromatic heterocycles. The number of ether oxygens (including phenoxy) is 1. The van der Waals surface area contributed by atoms with E-state index >= 15 is 0 Å². The van der Waals surface area contributed by atoms with Crippen LogP contribution in [0.5, 0.6) is 11.5 Å². The van der Waals surface area contributed by atoms with Gasteiger partial charge in [0, 0.05) is 6.54 Å². The summed E-state index contributed by atoms with van der Waals surface area (Å²) in [6.45, 7) is 4.54. The topological polar surface area (TPSA) is 64.3 Å². The Hall–Kier alpha value is -2.30. The molecule has 0 aliphatic carbocycles. The van der Waals surface area contributed by atoms with Crippen molar-refractivity contribution in [2.75, 3.05) is 0 Å². The number of carboxylic acid groups (broad SMARTS) is 1. The Balaban J connectivity index is 2.30. The fraction of sp³-hybridized carbons (Fsp3) is 0.231. The van der Waals surface area contributed by atoms with Crippen LogP contribution in [0.3, 0.4) is 0 Å². The van der Waals surface area contributed by atoms with Crippen molar-refractivity contribution in [3.63, 3.8) is 0 Å². The monoisotopic (exact) mass is 246 g/mol. The number of aromatic nitrogens is 2. The number of nitrogens with zero attached hydrogens (tertiary/aromatic N) is 2. The zero-order chi connectivity index (χ0) is 13.1. The summed E-state index contributed by atoms with van der Waals surface area (Å²) >= 11 is 0. The minimum absolute atomic E-state index is 0.152. The highest BCUT2D eigenvalue weighted by Crippen LogP contribution is 2.26. The van der Waals surface area contributed by atoms with Gasteiger partial charge < -0.3 is 9.84 Å². The van der Waals surface area contributed by atoms with E-state index in [1.54, 1.807) is 29.2 Å². The molecule has 0 aliphatic rings. The van der Waals surface area contributed by atoms with E-state index in [1.807, 2.05) is 19.9 Å². The quantitative estimate of drug-likeness (QED) is 0.900. The maximum Gasteiger partial charge on any atom is 0.339 e. The second-order valence-corrected chi connectivity index (χ2v) is 3.94. The molecule has 0 bridgehead atoms. The van der Waals surface area contributed by atoms with Crippen LogP contribution in [0.2, 0.25) is 0 Å². The molecular formula is C13H14N2O3. The first kappa shape index (κ1) is 12.2. The van der Waals surface area contributed by atoms with Crippen LogP contribution in [0, 0.1) is 6.92 Å². The van der Waals surface area contributed by atoms with Gasteiger partial charge >= 0.3 is 5.97 Å². The molecule has 2 aromatic rings. The molecular weight excluding hydrogens is 232 g/mol. The van der Waals surface area contributed by atoms with Crippen molar-refractivity contribution in [1.29, 1.82) is 0 Å². The summed E-state index contributed by atoms with van der Waals surface area (Å²) in [7, 11) is 0. The number of rotatable bonds is 4. The number of aromatic carboxylic acids is 1. The van der Waals surface area contributed by atoms with Crippen LogP contribution in [0.15, 0.2) is 30.6 Å². The molecule has 0 atom stereocenters. The van der Waals surface area contributed by atoms with Gasteiger partial charge in [0.25, 0.3) is 0 Å². The molecule has 0 aliphatic heterocycles. The fourth-order valence-electron chi connectivity index (χ4n) is 1.60. The molecule has 0 saturated heterocycles. The third-order valence-electron chi connectivity index (χ3n) is 2.53. The highest BCUT2D eigenvalue weighted by molar-refractivity contribution is 5.91. The van der Waals surface area contributed by atoms with Gasteiger partial charge in [0.1, 0.15) is 11.3 Å². The minimum Gasteiger partial charge on any atom is -0.478 e. The number of carboxylic acids is 1. The molecule has 2 rings (SSSR count). The highest BCUT2D eigenvalue weighted by Gasteiger charge is 2.12. The average Bonchev–Trinajstić information content (AvgIpc) is 2.79. The third-order valence-corrected chi connectivity index (χ3v) is 2.53. The highest BCUT2D eigenvalue weighted by atomic mass is 16.5. The number of carbonyl (C=O) groups is 1. The first-order valence-electron chi connectivity index (χ1n) is 5.64. The van der Waals surface area contributed by atoms with E-state index in [9.17, 15) is 4.79 Å². The molecule has 18 heavy (non-hydrogen) atoms. The lowest BCUT2D eigenvalue weighted by atomic mass is 10.1. The standard InChI is InChI=1S/C13H14N2O3/c1-3-15-8-10(7-14-15)18-12-5-4-9(2)6-11(12)13(16)17/h4-8H,3H2,1-2H3,(H,16,17). The Morgan fingerprint density at radius 3 is 2.89 bits per heavy atom. The lowest BCUT2D eigenvalue weighted by Gasteiger charge is -2.07. The van der Waals surface area contributed by atoms with Crippen LogP contribution in [0.25, 0.3) is 0 Å². The van der Waals surface area contributed by atoms with Crippen LogP contribution in [-0.2, 0) is 6.54 Å². The van der Waals surface area contributed by atoms with Crippen LogP contribution in [0.1, 0.15) is 22.8 Å². The smallest absolute Gasteiger partial charge is 0.339 e. The van der Waals surface area contributed by atoms with Gasteiger partial charge in [-0.1, -0.05) is 11.6 Å². The molecule has 1 heterocycles. The van der Waals surface area contributed by atoms with E-state index < -0.39 is 5.97 Å². The molecule has 0 saturated carbocycles. The first-order valence-corrected chi connectivity index (χ1v) is 5.64. The number of hydrogen-bond acceptors (Lipinski definition) is 3. The number of hydrogen-bond donors (Lipinski definition) is 1. The Morgan fingerprint density at radius 2 is 2.28 bits per heavy atom. The molecule has 0 spiro atoms. The van der Waals surface area contributed by atoms with Crippen LogP contribution < -0.4 is 4.74 Å². The van der Waals surface area contributed by atoms with Crippen molar-refractivity contribution in [2.45, 2.75) is 20.4 Å². The molecule has 0 unspecified atom stereocenters. The molecule has 0 radical (unpaired) electrons. The summed E-state index contributed by atoms with van der Waals surface area (Å²) in [5, 5.41) is 13.2. The molecule has 1 N–H and O–H groups in total. The van der Waals surface area contributed by atoms with E-state index in [0.29, 0.717) is 11.5 Å². The van der Waals surface area contributed by atoms with Crippen molar-refractivity contribution in [2.24, 2.45) is 0 Å². The Morgan fingerprint density at radius 1 is 1.50 bits per heavy atom. The first-order chi connectivity index (χ1) is 8.60. The number of benzene rings is 1. The second-order valence-electron chi connectivity index (χ2n) is 3.94. The van der Waals surface area contributed by atoms with Gasteiger partial charge in [-0.15, -0.1) is 0 Å². The average molecular weight is 246 g/mol. The molecule has 1 aromatic carbocycles. The van der Waals surface area contributed by atoms with E-state index in [-0.39, 0.29) is 5.56 Å². The van der Waals surface area contributed by atoms with Crippen molar-refractivity contribution in [3.05, 3.63) is 41.7 Å². The Kier molecular flexibility index (Phi) is 3.32. The summed E-state index contributed by atoms with van der Waals surface area (Å²) in [5.74, 6) is -0.150. The van der Waals surface area contributed by atoms with Gasteiger partial charge in [-0.3, -0.25) is 4.68 Å². The van der Waals surface area contributed by atoms with Gasteiger partial charge in [-0.05, 0) is 26.0 Å². The molecule has 5 nitrogen and oxygen atoms in total. The van der Waals surface area contributed by atoms with E-state index in [4.69, 9.17) is 9.84 Å². The van der Waals surface area contributed by atoms with E-state index in [0.717, 1.165) is 12.1 Å². The zero-order valence-electron chi connectivity index (χ0n) is 10.3. The van der Waals surface area contributed by atoms with Crippen LogP contribution in [0.4, 0.5) is 0 Å². The normalized spacial score (nSPS) is 10.3. The van der Waals surface area contributed by atoms with Gasteiger partial charge in [-0.25, -0.2) is 4.79 Å². The van der Waals surface area contributed by atoms with Gasteiger partial charge in [0.05, 0.1) is 12.4 Å². The van der Waals surface area contributed by atoms with Gasteiger partial charge in [-0.2, -0.15) is 5.10 Å². The molecule has 0 fully saturated rings. The number of aryl methyl sites for hydroxylation is 2. The lowest BCUT2D eigenvalue weighted by Crippen LogP contribution is -2.00. The maximum atomic E-state index is 11.1. The molecule has 0 amide bonds. The fourth-order valence-corrected chi connectivity index (χ4v) is 1.60.